The van der Waals surface area contributed by atoms with Gasteiger partial charge in [-0.1, -0.05) is 41.9 Å². The number of halogens is 2. The molecule has 1 amide bonds. The lowest BCUT2D eigenvalue weighted by molar-refractivity contribution is 0.0636. The summed E-state index contributed by atoms with van der Waals surface area (Å²) in [7, 11) is 0. The number of nitrogens with one attached hydrogen (secondary N) is 2. The van der Waals surface area contributed by atoms with Gasteiger partial charge < -0.3 is 10.1 Å². The third kappa shape index (κ3) is 5.64. The monoisotopic (exact) mass is 527 g/mol. The molecular formula is C24H23BrClN5O2. The van der Waals surface area contributed by atoms with Crippen molar-refractivity contribution in [3.05, 3.63) is 75.9 Å². The molecule has 170 valence electrons. The van der Waals surface area contributed by atoms with Gasteiger partial charge in [-0.3, -0.25) is 5.32 Å². The Morgan fingerprint density at radius 3 is 2.70 bits per heavy atom. The molecule has 0 aliphatic carbocycles. The van der Waals surface area contributed by atoms with Gasteiger partial charge in [0.05, 0.1) is 16.4 Å². The van der Waals surface area contributed by atoms with Crippen molar-refractivity contribution in [1.82, 2.24) is 14.6 Å². The number of hydrogen-bond acceptors (Lipinski definition) is 5. The van der Waals surface area contributed by atoms with Crippen molar-refractivity contribution in [1.29, 1.82) is 0 Å². The Kier molecular flexibility index (Phi) is 6.58. The summed E-state index contributed by atoms with van der Waals surface area (Å²) >= 11 is 9.93. The molecule has 2 aromatic carbocycles. The van der Waals surface area contributed by atoms with Crippen LogP contribution in [0.25, 0.3) is 16.9 Å². The van der Waals surface area contributed by atoms with Gasteiger partial charge in [-0.15, -0.1) is 0 Å². The van der Waals surface area contributed by atoms with Crippen LogP contribution in [-0.4, -0.2) is 26.3 Å². The van der Waals surface area contributed by atoms with Crippen LogP contribution in [0, 0.1) is 0 Å². The summed E-state index contributed by atoms with van der Waals surface area (Å²) in [5.74, 6) is 0.756. The number of benzene rings is 2. The van der Waals surface area contributed by atoms with E-state index in [4.69, 9.17) is 21.3 Å². The van der Waals surface area contributed by atoms with Crippen LogP contribution >= 0.6 is 27.5 Å². The van der Waals surface area contributed by atoms with E-state index in [1.54, 1.807) is 10.7 Å². The third-order valence-electron chi connectivity index (χ3n) is 4.62. The minimum Gasteiger partial charge on any atom is -0.444 e. The van der Waals surface area contributed by atoms with Crippen molar-refractivity contribution in [2.45, 2.75) is 32.9 Å². The van der Waals surface area contributed by atoms with Crippen molar-refractivity contribution in [3.8, 4) is 11.3 Å². The van der Waals surface area contributed by atoms with E-state index in [1.165, 1.54) is 0 Å². The fraction of sp³-hybridized carbons (Fsp3) is 0.208. The Hall–Kier alpha value is -3.10. The van der Waals surface area contributed by atoms with Crippen molar-refractivity contribution in [2.75, 3.05) is 10.6 Å². The fourth-order valence-corrected chi connectivity index (χ4v) is 3.82. The second-order valence-corrected chi connectivity index (χ2v) is 9.68. The van der Waals surface area contributed by atoms with Crippen LogP contribution in [0.5, 0.6) is 0 Å². The van der Waals surface area contributed by atoms with Crippen LogP contribution in [-0.2, 0) is 11.3 Å². The molecule has 0 spiro atoms. The summed E-state index contributed by atoms with van der Waals surface area (Å²) in [5, 5.41) is 11.2. The first-order chi connectivity index (χ1) is 15.7. The normalized spacial score (nSPS) is 11.4. The maximum absolute atomic E-state index is 12.1. The molecule has 0 bridgehead atoms. The highest BCUT2D eigenvalue weighted by atomic mass is 79.9. The molecule has 0 aliphatic rings. The smallest absolute Gasteiger partial charge is 0.412 e. The van der Waals surface area contributed by atoms with Crippen molar-refractivity contribution >= 4 is 50.8 Å². The minimum atomic E-state index is -0.562. The number of anilines is 2. The van der Waals surface area contributed by atoms with E-state index < -0.39 is 11.7 Å². The van der Waals surface area contributed by atoms with E-state index in [0.29, 0.717) is 22.9 Å². The molecule has 0 saturated heterocycles. The van der Waals surface area contributed by atoms with Gasteiger partial charge in [0.1, 0.15) is 11.4 Å². The summed E-state index contributed by atoms with van der Waals surface area (Å²) < 4.78 is 7.84. The maximum atomic E-state index is 12.1. The Morgan fingerprint density at radius 1 is 1.15 bits per heavy atom. The highest BCUT2D eigenvalue weighted by molar-refractivity contribution is 9.10. The first-order valence-corrected chi connectivity index (χ1v) is 11.5. The van der Waals surface area contributed by atoms with Gasteiger partial charge in [0.15, 0.2) is 5.65 Å². The molecule has 7 nitrogen and oxygen atoms in total. The van der Waals surface area contributed by atoms with Gasteiger partial charge in [-0.05, 0) is 60.5 Å². The molecule has 2 aromatic heterocycles. The lowest BCUT2D eigenvalue weighted by atomic mass is 10.1. The van der Waals surface area contributed by atoms with Gasteiger partial charge >= 0.3 is 6.09 Å². The van der Waals surface area contributed by atoms with Gasteiger partial charge in [-0.2, -0.15) is 9.61 Å². The quantitative estimate of drug-likeness (QED) is 0.299. The molecule has 33 heavy (non-hydrogen) atoms. The average Bonchev–Trinajstić information content (AvgIpc) is 3.12. The molecule has 0 fully saturated rings. The van der Waals surface area contributed by atoms with Crippen molar-refractivity contribution in [2.24, 2.45) is 0 Å². The van der Waals surface area contributed by atoms with E-state index in [-0.39, 0.29) is 0 Å². The predicted molar refractivity (Wildman–Crippen MR) is 135 cm³/mol. The van der Waals surface area contributed by atoms with Crippen LogP contribution in [0.1, 0.15) is 26.3 Å². The van der Waals surface area contributed by atoms with E-state index in [2.05, 4.69) is 31.7 Å². The molecular weight excluding hydrogens is 506 g/mol. The van der Waals surface area contributed by atoms with Gasteiger partial charge in [-0.25, -0.2) is 9.78 Å². The third-order valence-corrected chi connectivity index (χ3v) is 5.51. The fourth-order valence-electron chi connectivity index (χ4n) is 3.24. The molecule has 0 aliphatic heterocycles. The van der Waals surface area contributed by atoms with Gasteiger partial charge in [0, 0.05) is 28.9 Å². The number of ether oxygens (including phenoxy) is 1. The molecule has 0 unspecified atom stereocenters. The molecule has 0 atom stereocenters. The Bertz CT molecular complexity index is 1320. The number of carbonyl (C=O) groups is 1. The first kappa shape index (κ1) is 23.1. The zero-order chi connectivity index (χ0) is 23.6. The van der Waals surface area contributed by atoms with E-state index in [0.717, 1.165) is 27.1 Å². The van der Waals surface area contributed by atoms with E-state index in [9.17, 15) is 4.79 Å². The molecule has 0 saturated carbocycles. The van der Waals surface area contributed by atoms with Crippen LogP contribution in [0.4, 0.5) is 16.3 Å². The molecule has 0 radical (unpaired) electrons. The number of amides is 1. The second kappa shape index (κ2) is 9.41. The van der Waals surface area contributed by atoms with Crippen LogP contribution in [0.15, 0.2) is 65.3 Å². The summed E-state index contributed by atoms with van der Waals surface area (Å²) in [6, 6.07) is 17.1. The predicted octanol–water partition coefficient (Wildman–Crippen LogP) is 6.77. The molecule has 9 heteroatoms. The van der Waals surface area contributed by atoms with E-state index >= 15 is 0 Å². The number of fused-ring (bicyclic) bond motifs is 1. The number of carbonyl (C=O) groups excluding carboxylic acids is 1. The van der Waals surface area contributed by atoms with Crippen LogP contribution < -0.4 is 10.6 Å². The molecule has 4 aromatic rings. The molecule has 4 rings (SSSR count). The van der Waals surface area contributed by atoms with Crippen LogP contribution in [0.2, 0.25) is 5.02 Å². The van der Waals surface area contributed by atoms with E-state index in [1.807, 2.05) is 75.4 Å². The van der Waals surface area contributed by atoms with Crippen molar-refractivity contribution < 1.29 is 9.53 Å². The average molecular weight is 529 g/mol. The highest BCUT2D eigenvalue weighted by Crippen LogP contribution is 2.30. The second-order valence-electron chi connectivity index (χ2n) is 8.42. The Balaban J connectivity index is 1.58. The van der Waals surface area contributed by atoms with Gasteiger partial charge in [0.2, 0.25) is 0 Å². The van der Waals surface area contributed by atoms with Crippen molar-refractivity contribution in [3.63, 3.8) is 0 Å². The summed E-state index contributed by atoms with van der Waals surface area (Å²) in [4.78, 5) is 16.8. The lowest BCUT2D eigenvalue weighted by Crippen LogP contribution is -2.27. The summed E-state index contributed by atoms with van der Waals surface area (Å²) in [5.41, 5.74) is 3.31. The molecule has 2 N–H and O–H groups in total. The number of aromatic nitrogens is 3. The number of nitrogens with zero attached hydrogens (tertiary/aromatic N) is 3. The summed E-state index contributed by atoms with van der Waals surface area (Å²) in [6.45, 7) is 5.98. The van der Waals surface area contributed by atoms with Crippen LogP contribution in [0.3, 0.4) is 0 Å². The minimum absolute atomic E-state index is 0.491. The first-order valence-electron chi connectivity index (χ1n) is 10.3. The zero-order valence-electron chi connectivity index (χ0n) is 18.4. The lowest BCUT2D eigenvalue weighted by Gasteiger charge is -2.19. The number of rotatable bonds is 5. The largest absolute Gasteiger partial charge is 0.444 e. The van der Waals surface area contributed by atoms with Gasteiger partial charge in [0.25, 0.3) is 0 Å². The SMILES string of the molecule is CC(C)(C)OC(=O)Nc1cccc(CNc2cc(-c3ccccc3Cl)nc3c(Br)cnn23)c1. The topological polar surface area (TPSA) is 80.5 Å². The summed E-state index contributed by atoms with van der Waals surface area (Å²) in [6.07, 6.45) is 1.21. The Labute approximate surface area is 205 Å². The number of hydrogen-bond donors (Lipinski definition) is 2. The maximum Gasteiger partial charge on any atom is 0.412 e. The zero-order valence-corrected chi connectivity index (χ0v) is 20.7. The standard InChI is InChI=1S/C24H23BrClN5O2/c1-24(2,3)33-23(32)29-16-8-6-7-15(11-16)13-27-21-12-20(17-9-4-5-10-19(17)26)30-22-18(25)14-28-31(21)22/h4-12,14,27H,13H2,1-3H3,(H,29,32). The highest BCUT2D eigenvalue weighted by Gasteiger charge is 2.16. The Morgan fingerprint density at radius 2 is 1.94 bits per heavy atom. The molecule has 2 heterocycles.